The lowest BCUT2D eigenvalue weighted by Crippen LogP contribution is -2.14. The topological polar surface area (TPSA) is 76.1 Å². The Labute approximate surface area is 165 Å². The summed E-state index contributed by atoms with van der Waals surface area (Å²) in [6.45, 7) is 7.92. The highest BCUT2D eigenvalue weighted by atomic mass is 16.5. The minimum absolute atomic E-state index is 0.0605. The Kier molecular flexibility index (Phi) is 5.89. The zero-order chi connectivity index (χ0) is 20.1. The molecule has 1 amide bonds. The molecule has 2 N–H and O–H groups in total. The molecule has 0 aliphatic carbocycles. The van der Waals surface area contributed by atoms with Gasteiger partial charge >= 0.3 is 0 Å². The van der Waals surface area contributed by atoms with E-state index in [-0.39, 0.29) is 17.7 Å². The molecule has 0 spiro atoms. The van der Waals surface area contributed by atoms with Crippen LogP contribution in [-0.4, -0.2) is 22.0 Å². The number of rotatable bonds is 6. The average molecular weight is 376 g/mol. The first-order valence-electron chi connectivity index (χ1n) is 9.15. The van der Waals surface area contributed by atoms with Crippen LogP contribution in [0.5, 0.6) is 5.75 Å². The number of amides is 1. The van der Waals surface area contributed by atoms with Gasteiger partial charge in [-0.2, -0.15) is 0 Å². The van der Waals surface area contributed by atoms with Crippen LogP contribution in [0.4, 0.5) is 17.2 Å². The van der Waals surface area contributed by atoms with E-state index in [1.165, 1.54) is 12.4 Å². The van der Waals surface area contributed by atoms with Crippen molar-refractivity contribution in [1.29, 1.82) is 0 Å². The van der Waals surface area contributed by atoms with Gasteiger partial charge in [-0.25, -0.2) is 9.97 Å². The van der Waals surface area contributed by atoms with Crippen LogP contribution in [0.25, 0.3) is 0 Å². The maximum atomic E-state index is 12.4. The number of aryl methyl sites for hydroxylation is 2. The lowest BCUT2D eigenvalue weighted by Gasteiger charge is -2.15. The highest BCUT2D eigenvalue weighted by molar-refractivity contribution is 6.02. The van der Waals surface area contributed by atoms with Crippen LogP contribution in [0, 0.1) is 13.8 Å². The molecule has 1 heterocycles. The highest BCUT2D eigenvalue weighted by Gasteiger charge is 2.11. The van der Waals surface area contributed by atoms with Gasteiger partial charge in [0.25, 0.3) is 5.91 Å². The number of benzene rings is 2. The SMILES string of the molecule is Cc1cc(C)cc(NC(=O)c2cnc(Nc3ccccc3OC(C)C)cn2)c1. The van der Waals surface area contributed by atoms with Crippen LogP contribution in [0.3, 0.4) is 0 Å². The molecule has 0 fully saturated rings. The molecule has 0 aliphatic heterocycles. The maximum absolute atomic E-state index is 12.4. The van der Waals surface area contributed by atoms with Crippen molar-refractivity contribution in [3.05, 3.63) is 71.7 Å². The molecule has 3 rings (SSSR count). The van der Waals surface area contributed by atoms with Crippen LogP contribution in [0.1, 0.15) is 35.5 Å². The summed E-state index contributed by atoms with van der Waals surface area (Å²) >= 11 is 0. The second-order valence-corrected chi connectivity index (χ2v) is 6.91. The van der Waals surface area contributed by atoms with E-state index < -0.39 is 0 Å². The van der Waals surface area contributed by atoms with Crippen molar-refractivity contribution >= 4 is 23.1 Å². The van der Waals surface area contributed by atoms with Gasteiger partial charge in [0, 0.05) is 5.69 Å². The first-order valence-corrected chi connectivity index (χ1v) is 9.15. The molecule has 6 nitrogen and oxygen atoms in total. The molecule has 3 aromatic rings. The van der Waals surface area contributed by atoms with Gasteiger partial charge < -0.3 is 15.4 Å². The molecular weight excluding hydrogens is 352 g/mol. The second-order valence-electron chi connectivity index (χ2n) is 6.91. The molecule has 6 heteroatoms. The van der Waals surface area contributed by atoms with E-state index in [1.807, 2.05) is 64.1 Å². The highest BCUT2D eigenvalue weighted by Crippen LogP contribution is 2.27. The molecule has 144 valence electrons. The summed E-state index contributed by atoms with van der Waals surface area (Å²) in [5.41, 5.74) is 3.95. The summed E-state index contributed by atoms with van der Waals surface area (Å²) in [6.07, 6.45) is 3.04. The number of nitrogens with zero attached hydrogens (tertiary/aromatic N) is 2. The third-order valence-electron chi connectivity index (χ3n) is 3.88. The van der Waals surface area contributed by atoms with E-state index in [4.69, 9.17) is 4.74 Å². The molecule has 0 bridgehead atoms. The largest absolute Gasteiger partial charge is 0.489 e. The molecule has 0 unspecified atom stereocenters. The van der Waals surface area contributed by atoms with Crippen molar-refractivity contribution in [2.45, 2.75) is 33.8 Å². The molecule has 1 aromatic heterocycles. The number of carbonyl (C=O) groups excluding carboxylic acids is 1. The van der Waals surface area contributed by atoms with Gasteiger partial charge in [0.1, 0.15) is 17.3 Å². The number of nitrogens with one attached hydrogen (secondary N) is 2. The number of carbonyl (C=O) groups is 1. The quantitative estimate of drug-likeness (QED) is 0.641. The first kappa shape index (κ1) is 19.4. The van der Waals surface area contributed by atoms with Crippen LogP contribution in [0.15, 0.2) is 54.9 Å². The number of aromatic nitrogens is 2. The Morgan fingerprint density at radius 3 is 2.36 bits per heavy atom. The molecule has 28 heavy (non-hydrogen) atoms. The first-order chi connectivity index (χ1) is 13.4. The van der Waals surface area contributed by atoms with E-state index in [9.17, 15) is 4.79 Å². The maximum Gasteiger partial charge on any atom is 0.275 e. The van der Waals surface area contributed by atoms with E-state index in [2.05, 4.69) is 26.7 Å². The standard InChI is InChI=1S/C22H24N4O2/c1-14(2)28-20-8-6-5-7-18(20)26-21-13-23-19(12-24-21)22(27)25-17-10-15(3)9-16(4)11-17/h5-14H,1-4H3,(H,24,26)(H,25,27). The van der Waals surface area contributed by atoms with Gasteiger partial charge in [0.2, 0.25) is 0 Å². The van der Waals surface area contributed by atoms with Crippen molar-refractivity contribution in [1.82, 2.24) is 9.97 Å². The minimum Gasteiger partial charge on any atom is -0.489 e. The number of para-hydroxylation sites is 2. The third kappa shape index (κ3) is 5.07. The number of anilines is 3. The minimum atomic E-state index is -0.299. The molecular formula is C22H24N4O2. The molecule has 0 saturated heterocycles. The summed E-state index contributed by atoms with van der Waals surface area (Å²) in [5, 5.41) is 6.04. The van der Waals surface area contributed by atoms with Crippen LogP contribution in [-0.2, 0) is 0 Å². The normalized spacial score (nSPS) is 10.6. The fourth-order valence-electron chi connectivity index (χ4n) is 2.82. The smallest absolute Gasteiger partial charge is 0.275 e. The Hall–Kier alpha value is -3.41. The number of hydrogen-bond donors (Lipinski definition) is 2. The van der Waals surface area contributed by atoms with Gasteiger partial charge in [-0.15, -0.1) is 0 Å². The number of hydrogen-bond acceptors (Lipinski definition) is 5. The summed E-state index contributed by atoms with van der Waals surface area (Å²) in [4.78, 5) is 21.0. The van der Waals surface area contributed by atoms with Gasteiger partial charge in [-0.3, -0.25) is 4.79 Å². The van der Waals surface area contributed by atoms with Gasteiger partial charge in [0.05, 0.1) is 24.2 Å². The lowest BCUT2D eigenvalue weighted by atomic mass is 10.1. The zero-order valence-corrected chi connectivity index (χ0v) is 16.5. The van der Waals surface area contributed by atoms with Crippen LogP contribution >= 0.6 is 0 Å². The Balaban J connectivity index is 1.71. The van der Waals surface area contributed by atoms with E-state index in [0.717, 1.165) is 28.3 Å². The van der Waals surface area contributed by atoms with Crippen molar-refractivity contribution in [2.75, 3.05) is 10.6 Å². The van der Waals surface area contributed by atoms with Crippen molar-refractivity contribution in [3.8, 4) is 5.75 Å². The van der Waals surface area contributed by atoms with Crippen molar-refractivity contribution < 1.29 is 9.53 Å². The molecule has 0 aliphatic rings. The molecule has 0 saturated carbocycles. The summed E-state index contributed by atoms with van der Waals surface area (Å²) in [7, 11) is 0. The summed E-state index contributed by atoms with van der Waals surface area (Å²) < 4.78 is 5.79. The summed E-state index contributed by atoms with van der Waals surface area (Å²) in [6, 6.07) is 13.5. The molecule has 2 aromatic carbocycles. The lowest BCUT2D eigenvalue weighted by molar-refractivity contribution is 0.102. The molecule has 0 radical (unpaired) electrons. The zero-order valence-electron chi connectivity index (χ0n) is 16.5. The van der Waals surface area contributed by atoms with Gasteiger partial charge in [-0.1, -0.05) is 18.2 Å². The predicted octanol–water partition coefficient (Wildman–Crippen LogP) is 4.88. The van der Waals surface area contributed by atoms with Crippen molar-refractivity contribution in [3.63, 3.8) is 0 Å². The number of ether oxygens (including phenoxy) is 1. The van der Waals surface area contributed by atoms with E-state index in [1.54, 1.807) is 0 Å². The Morgan fingerprint density at radius 2 is 1.71 bits per heavy atom. The van der Waals surface area contributed by atoms with Gasteiger partial charge in [0.15, 0.2) is 0 Å². The van der Waals surface area contributed by atoms with Gasteiger partial charge in [-0.05, 0) is 63.1 Å². The van der Waals surface area contributed by atoms with Crippen LogP contribution in [0.2, 0.25) is 0 Å². The second kappa shape index (κ2) is 8.52. The average Bonchev–Trinajstić information content (AvgIpc) is 2.62. The third-order valence-corrected chi connectivity index (χ3v) is 3.88. The van der Waals surface area contributed by atoms with Crippen molar-refractivity contribution in [2.24, 2.45) is 0 Å². The summed E-state index contributed by atoms with van der Waals surface area (Å²) in [5.74, 6) is 0.964. The fraction of sp³-hybridized carbons (Fsp3) is 0.227. The Morgan fingerprint density at radius 1 is 1.00 bits per heavy atom. The molecule has 0 atom stereocenters. The fourth-order valence-corrected chi connectivity index (χ4v) is 2.82. The van der Waals surface area contributed by atoms with Crippen LogP contribution < -0.4 is 15.4 Å². The van der Waals surface area contributed by atoms with E-state index in [0.29, 0.717) is 5.82 Å². The van der Waals surface area contributed by atoms with E-state index >= 15 is 0 Å². The Bertz CT molecular complexity index is 948. The monoisotopic (exact) mass is 376 g/mol. The predicted molar refractivity (Wildman–Crippen MR) is 111 cm³/mol.